The minimum atomic E-state index is -0.775. The summed E-state index contributed by atoms with van der Waals surface area (Å²) >= 11 is 3.37. The quantitative estimate of drug-likeness (QED) is 0.115. The minimum absolute atomic E-state index is 0.315. The Morgan fingerprint density at radius 2 is 1.65 bits per heavy atom. The van der Waals surface area contributed by atoms with Crippen LogP contribution in [0, 0.1) is 0 Å². The molecular formula is C29H25BrN2O5. The highest BCUT2D eigenvalue weighted by Crippen LogP contribution is 2.28. The van der Waals surface area contributed by atoms with Crippen LogP contribution < -0.4 is 19.6 Å². The van der Waals surface area contributed by atoms with Gasteiger partial charge in [-0.1, -0.05) is 46.3 Å². The van der Waals surface area contributed by atoms with E-state index in [-0.39, 0.29) is 0 Å². The third-order valence-corrected chi connectivity index (χ3v) is 5.93. The van der Waals surface area contributed by atoms with Crippen LogP contribution in [0.25, 0.3) is 10.8 Å². The third kappa shape index (κ3) is 6.74. The van der Waals surface area contributed by atoms with E-state index < -0.39 is 18.0 Å². The van der Waals surface area contributed by atoms with Gasteiger partial charge in [-0.2, -0.15) is 5.10 Å². The summed E-state index contributed by atoms with van der Waals surface area (Å²) < 4.78 is 17.7. The van der Waals surface area contributed by atoms with Gasteiger partial charge < -0.3 is 14.2 Å². The lowest BCUT2D eigenvalue weighted by Gasteiger charge is -2.13. The van der Waals surface area contributed by atoms with Gasteiger partial charge >= 0.3 is 5.97 Å². The van der Waals surface area contributed by atoms with Crippen LogP contribution in [0.5, 0.6) is 17.2 Å². The maximum absolute atomic E-state index is 12.8. The number of amides is 1. The first-order valence-electron chi connectivity index (χ1n) is 11.7. The number of hydrogen-bond donors (Lipinski definition) is 1. The number of nitrogens with zero attached hydrogens (tertiary/aromatic N) is 1. The minimum Gasteiger partial charge on any atom is -0.494 e. The van der Waals surface area contributed by atoms with E-state index in [1.165, 1.54) is 6.21 Å². The zero-order chi connectivity index (χ0) is 26.2. The molecule has 0 bridgehead atoms. The van der Waals surface area contributed by atoms with E-state index in [4.69, 9.17) is 14.2 Å². The second-order valence-corrected chi connectivity index (χ2v) is 8.91. The second-order valence-electron chi connectivity index (χ2n) is 7.99. The van der Waals surface area contributed by atoms with Gasteiger partial charge in [0.1, 0.15) is 17.2 Å². The molecule has 0 aromatic heterocycles. The van der Waals surface area contributed by atoms with Gasteiger partial charge in [-0.25, -0.2) is 10.2 Å². The number of fused-ring (bicyclic) bond motifs is 1. The van der Waals surface area contributed by atoms with E-state index in [0.717, 1.165) is 15.2 Å². The molecule has 8 heteroatoms. The molecule has 1 amide bonds. The van der Waals surface area contributed by atoms with Crippen molar-refractivity contribution in [3.8, 4) is 17.2 Å². The molecule has 0 fully saturated rings. The highest BCUT2D eigenvalue weighted by Gasteiger charge is 2.16. The van der Waals surface area contributed by atoms with Crippen LogP contribution in [0.1, 0.15) is 29.8 Å². The summed E-state index contributed by atoms with van der Waals surface area (Å²) in [5, 5.41) is 5.87. The van der Waals surface area contributed by atoms with Crippen LogP contribution in [-0.2, 0) is 4.79 Å². The van der Waals surface area contributed by atoms with E-state index in [1.54, 1.807) is 49.4 Å². The number of halogens is 1. The predicted molar refractivity (Wildman–Crippen MR) is 146 cm³/mol. The van der Waals surface area contributed by atoms with Crippen molar-refractivity contribution in [3.05, 3.63) is 101 Å². The van der Waals surface area contributed by atoms with Gasteiger partial charge in [0, 0.05) is 10.0 Å². The van der Waals surface area contributed by atoms with E-state index in [9.17, 15) is 9.59 Å². The van der Waals surface area contributed by atoms with Gasteiger partial charge in [0.2, 0.25) is 0 Å². The standard InChI is InChI=1S/C29H25BrN2O5/c1-3-35-23-13-8-21(9-14-23)29(34)37-27-17-10-20-6-4-5-7-25(20)26(27)18-31-32-28(33)19(2)36-24-15-11-22(30)12-16-24/h4-19H,3H2,1-2H3,(H,32,33). The molecule has 1 unspecified atom stereocenters. The van der Waals surface area contributed by atoms with Crippen molar-refractivity contribution in [2.75, 3.05) is 6.61 Å². The van der Waals surface area contributed by atoms with E-state index in [0.29, 0.717) is 35.0 Å². The molecule has 1 atom stereocenters. The van der Waals surface area contributed by atoms with Gasteiger partial charge in [0.05, 0.1) is 18.4 Å². The Labute approximate surface area is 223 Å². The molecule has 4 aromatic carbocycles. The average Bonchev–Trinajstić information content (AvgIpc) is 2.91. The van der Waals surface area contributed by atoms with Gasteiger partial charge in [0.25, 0.3) is 5.91 Å². The van der Waals surface area contributed by atoms with Crippen molar-refractivity contribution >= 4 is 44.8 Å². The van der Waals surface area contributed by atoms with Crippen molar-refractivity contribution in [1.82, 2.24) is 5.43 Å². The summed E-state index contributed by atoms with van der Waals surface area (Å²) in [6.07, 6.45) is 0.690. The number of hydrazone groups is 1. The lowest BCUT2D eigenvalue weighted by molar-refractivity contribution is -0.127. The molecule has 0 saturated carbocycles. The maximum Gasteiger partial charge on any atom is 0.343 e. The van der Waals surface area contributed by atoms with Crippen LogP contribution in [0.3, 0.4) is 0 Å². The molecule has 188 valence electrons. The van der Waals surface area contributed by atoms with Crippen molar-refractivity contribution in [3.63, 3.8) is 0 Å². The molecule has 0 saturated heterocycles. The van der Waals surface area contributed by atoms with Crippen LogP contribution in [0.2, 0.25) is 0 Å². The molecule has 7 nitrogen and oxygen atoms in total. The van der Waals surface area contributed by atoms with E-state index in [1.807, 2.05) is 49.4 Å². The molecule has 4 aromatic rings. The number of carbonyl (C=O) groups excluding carboxylic acids is 2. The third-order valence-electron chi connectivity index (χ3n) is 5.40. The molecule has 0 heterocycles. The number of carbonyl (C=O) groups is 2. The largest absolute Gasteiger partial charge is 0.494 e. The fourth-order valence-corrected chi connectivity index (χ4v) is 3.80. The highest BCUT2D eigenvalue weighted by molar-refractivity contribution is 9.10. The topological polar surface area (TPSA) is 86.2 Å². The van der Waals surface area contributed by atoms with Crippen molar-refractivity contribution in [2.24, 2.45) is 5.10 Å². The summed E-state index contributed by atoms with van der Waals surface area (Å²) in [6, 6.07) is 25.1. The van der Waals surface area contributed by atoms with Crippen LogP contribution >= 0.6 is 15.9 Å². The van der Waals surface area contributed by atoms with E-state index >= 15 is 0 Å². The number of rotatable bonds is 9. The Hall–Kier alpha value is -4.17. The Morgan fingerprint density at radius 3 is 2.38 bits per heavy atom. The maximum atomic E-state index is 12.8. The van der Waals surface area contributed by atoms with Gasteiger partial charge in [0.15, 0.2) is 6.10 Å². The van der Waals surface area contributed by atoms with Crippen LogP contribution in [0.15, 0.2) is 94.5 Å². The molecule has 1 N–H and O–H groups in total. The molecule has 0 aliphatic heterocycles. The first kappa shape index (κ1) is 25.9. The molecular weight excluding hydrogens is 536 g/mol. The van der Waals surface area contributed by atoms with Crippen molar-refractivity contribution in [2.45, 2.75) is 20.0 Å². The first-order valence-corrected chi connectivity index (χ1v) is 12.5. The number of nitrogens with one attached hydrogen (secondary N) is 1. The Morgan fingerprint density at radius 1 is 0.946 bits per heavy atom. The fourth-order valence-electron chi connectivity index (χ4n) is 3.53. The molecule has 4 rings (SSSR count). The summed E-state index contributed by atoms with van der Waals surface area (Å²) in [7, 11) is 0. The highest BCUT2D eigenvalue weighted by atomic mass is 79.9. The average molecular weight is 561 g/mol. The lowest BCUT2D eigenvalue weighted by atomic mass is 10.0. The molecule has 37 heavy (non-hydrogen) atoms. The van der Waals surface area contributed by atoms with E-state index in [2.05, 4.69) is 26.5 Å². The number of benzene rings is 4. The Balaban J connectivity index is 1.51. The SMILES string of the molecule is CCOc1ccc(C(=O)Oc2ccc3ccccc3c2C=NNC(=O)C(C)Oc2ccc(Br)cc2)cc1. The number of hydrogen-bond acceptors (Lipinski definition) is 6. The zero-order valence-corrected chi connectivity index (χ0v) is 21.9. The van der Waals surface area contributed by atoms with Gasteiger partial charge in [-0.05, 0) is 79.2 Å². The summed E-state index contributed by atoms with van der Waals surface area (Å²) in [5.74, 6) is 0.606. The van der Waals surface area contributed by atoms with Crippen molar-refractivity contribution < 1.29 is 23.8 Å². The monoisotopic (exact) mass is 560 g/mol. The normalized spacial score (nSPS) is 11.8. The summed E-state index contributed by atoms with van der Waals surface area (Å²) in [6.45, 7) is 4.06. The summed E-state index contributed by atoms with van der Waals surface area (Å²) in [4.78, 5) is 25.4. The lowest BCUT2D eigenvalue weighted by Crippen LogP contribution is -2.33. The molecule has 0 aliphatic rings. The first-order chi connectivity index (χ1) is 17.9. The predicted octanol–water partition coefficient (Wildman–Crippen LogP) is 6.14. The van der Waals surface area contributed by atoms with Crippen molar-refractivity contribution in [1.29, 1.82) is 0 Å². The van der Waals surface area contributed by atoms with Gasteiger partial charge in [-0.3, -0.25) is 4.79 Å². The molecule has 0 radical (unpaired) electrons. The van der Waals surface area contributed by atoms with Crippen LogP contribution in [0.4, 0.5) is 0 Å². The Bertz CT molecular complexity index is 1420. The number of ether oxygens (including phenoxy) is 3. The smallest absolute Gasteiger partial charge is 0.343 e. The molecule has 0 aliphatic carbocycles. The fraction of sp³-hybridized carbons (Fsp3) is 0.138. The van der Waals surface area contributed by atoms with Gasteiger partial charge in [-0.15, -0.1) is 0 Å². The zero-order valence-electron chi connectivity index (χ0n) is 20.3. The van der Waals surface area contributed by atoms with Crippen LogP contribution in [-0.4, -0.2) is 30.8 Å². The summed E-state index contributed by atoms with van der Waals surface area (Å²) in [5.41, 5.74) is 3.44. The second kappa shape index (κ2) is 12.2. The number of esters is 1. The Kier molecular flexibility index (Phi) is 8.53. The molecule has 0 spiro atoms.